The van der Waals surface area contributed by atoms with Crippen molar-refractivity contribution in [2.45, 2.75) is 38.4 Å². The number of nitrogens with one attached hydrogen (secondary N) is 1. The first-order valence-corrected chi connectivity index (χ1v) is 5.28. The molecular weight excluding hydrogens is 189 g/mol. The Morgan fingerprint density at radius 3 is 2.85 bits per heavy atom. The topological polar surface area (TPSA) is 37.8 Å². The second kappa shape index (κ2) is 3.57. The third-order valence-corrected chi connectivity index (χ3v) is 3.04. The second-order valence-electron chi connectivity index (χ2n) is 3.32. The highest BCUT2D eigenvalue weighted by atomic mass is 32.1. The van der Waals surface area contributed by atoms with Gasteiger partial charge in [0, 0.05) is 0 Å². The largest absolute Gasteiger partial charge is 0.354 e. The highest BCUT2D eigenvalue weighted by Gasteiger charge is 2.27. The van der Waals surface area contributed by atoms with E-state index in [-0.39, 0.29) is 6.04 Å². The van der Waals surface area contributed by atoms with E-state index in [1.807, 2.05) is 6.92 Å². The summed E-state index contributed by atoms with van der Waals surface area (Å²) in [6, 6.07) is -0.0488. The molecule has 72 valence electrons. The summed E-state index contributed by atoms with van der Waals surface area (Å²) in [5.41, 5.74) is 0. The van der Waals surface area contributed by atoms with Crippen molar-refractivity contribution >= 4 is 16.5 Å². The zero-order valence-electron chi connectivity index (χ0n) is 7.46. The number of aromatic nitrogens is 2. The maximum Gasteiger partial charge on any atom is 0.205 e. The van der Waals surface area contributed by atoms with Crippen LogP contribution in [-0.2, 0) is 0 Å². The zero-order valence-corrected chi connectivity index (χ0v) is 8.27. The van der Waals surface area contributed by atoms with Gasteiger partial charge in [0.05, 0.1) is 6.04 Å². The Balaban J connectivity index is 1.97. The predicted molar refractivity (Wildman–Crippen MR) is 50.8 cm³/mol. The molecular formula is C8H12FN3S. The molecule has 2 unspecified atom stereocenters. The third-order valence-electron chi connectivity index (χ3n) is 2.27. The van der Waals surface area contributed by atoms with Gasteiger partial charge in [0.2, 0.25) is 5.13 Å². The lowest BCUT2D eigenvalue weighted by Gasteiger charge is -2.12. The molecule has 1 aromatic heterocycles. The Hall–Kier alpha value is -0.710. The van der Waals surface area contributed by atoms with Gasteiger partial charge in [0.1, 0.15) is 11.2 Å². The lowest BCUT2D eigenvalue weighted by Crippen LogP contribution is -2.24. The summed E-state index contributed by atoms with van der Waals surface area (Å²) >= 11 is 1.48. The summed E-state index contributed by atoms with van der Waals surface area (Å²) in [5.74, 6) is 0. The van der Waals surface area contributed by atoms with Crippen LogP contribution in [0.4, 0.5) is 9.52 Å². The SMILES string of the molecule is Cc1nnc(NC2CCCC2F)s1. The smallest absolute Gasteiger partial charge is 0.205 e. The van der Waals surface area contributed by atoms with Crippen molar-refractivity contribution in [3.63, 3.8) is 0 Å². The molecule has 1 aromatic rings. The molecule has 1 saturated carbocycles. The number of aryl methyl sites for hydroxylation is 1. The van der Waals surface area contributed by atoms with E-state index < -0.39 is 6.17 Å². The van der Waals surface area contributed by atoms with Gasteiger partial charge in [0.25, 0.3) is 0 Å². The highest BCUT2D eigenvalue weighted by molar-refractivity contribution is 7.15. The summed E-state index contributed by atoms with van der Waals surface area (Å²) in [6.45, 7) is 1.89. The summed E-state index contributed by atoms with van der Waals surface area (Å²) in [6.07, 6.45) is 1.83. The summed E-state index contributed by atoms with van der Waals surface area (Å²) in [7, 11) is 0. The fraction of sp³-hybridized carbons (Fsp3) is 0.750. The van der Waals surface area contributed by atoms with E-state index in [0.29, 0.717) is 6.42 Å². The Morgan fingerprint density at radius 1 is 1.46 bits per heavy atom. The van der Waals surface area contributed by atoms with Crippen LogP contribution in [0, 0.1) is 6.92 Å². The molecule has 0 radical (unpaired) electrons. The van der Waals surface area contributed by atoms with Gasteiger partial charge < -0.3 is 5.32 Å². The van der Waals surface area contributed by atoms with Crippen molar-refractivity contribution in [3.8, 4) is 0 Å². The van der Waals surface area contributed by atoms with Gasteiger partial charge in [-0.1, -0.05) is 11.3 Å². The number of anilines is 1. The monoisotopic (exact) mass is 201 g/mol. The van der Waals surface area contributed by atoms with E-state index in [0.717, 1.165) is 23.0 Å². The normalized spacial score (nSPS) is 27.8. The number of halogens is 1. The number of nitrogens with zero attached hydrogens (tertiary/aromatic N) is 2. The minimum atomic E-state index is -0.718. The van der Waals surface area contributed by atoms with Crippen LogP contribution >= 0.6 is 11.3 Å². The molecule has 0 amide bonds. The molecule has 5 heteroatoms. The van der Waals surface area contributed by atoms with E-state index >= 15 is 0 Å². The highest BCUT2D eigenvalue weighted by Crippen LogP contribution is 2.26. The standard InChI is InChI=1S/C8H12FN3S/c1-5-11-12-8(13-5)10-7-4-2-3-6(7)9/h6-7H,2-4H2,1H3,(H,10,12). The molecule has 1 aliphatic carbocycles. The summed E-state index contributed by atoms with van der Waals surface area (Å²) < 4.78 is 13.2. The van der Waals surface area contributed by atoms with Crippen LogP contribution in [0.5, 0.6) is 0 Å². The lowest BCUT2D eigenvalue weighted by molar-refractivity contribution is 0.323. The zero-order chi connectivity index (χ0) is 9.26. The van der Waals surface area contributed by atoms with Crippen LogP contribution in [-0.4, -0.2) is 22.4 Å². The van der Waals surface area contributed by atoms with Crippen molar-refractivity contribution in [1.82, 2.24) is 10.2 Å². The van der Waals surface area contributed by atoms with E-state index in [9.17, 15) is 4.39 Å². The summed E-state index contributed by atoms with van der Waals surface area (Å²) in [4.78, 5) is 0. The maximum absolute atomic E-state index is 13.2. The van der Waals surface area contributed by atoms with Crippen LogP contribution in [0.15, 0.2) is 0 Å². The third kappa shape index (κ3) is 1.96. The lowest BCUT2D eigenvalue weighted by atomic mass is 10.2. The quantitative estimate of drug-likeness (QED) is 0.796. The van der Waals surface area contributed by atoms with Gasteiger partial charge in [-0.3, -0.25) is 0 Å². The fourth-order valence-electron chi connectivity index (χ4n) is 1.59. The first-order valence-electron chi connectivity index (χ1n) is 4.46. The Kier molecular flexibility index (Phi) is 2.44. The molecule has 0 saturated heterocycles. The Morgan fingerprint density at radius 2 is 2.31 bits per heavy atom. The van der Waals surface area contributed by atoms with Crippen molar-refractivity contribution in [3.05, 3.63) is 5.01 Å². The molecule has 1 heterocycles. The molecule has 13 heavy (non-hydrogen) atoms. The van der Waals surface area contributed by atoms with Gasteiger partial charge in [0.15, 0.2) is 0 Å². The fourth-order valence-corrected chi connectivity index (χ4v) is 2.24. The van der Waals surface area contributed by atoms with Gasteiger partial charge >= 0.3 is 0 Å². The van der Waals surface area contributed by atoms with Gasteiger partial charge in [-0.05, 0) is 26.2 Å². The van der Waals surface area contributed by atoms with E-state index in [2.05, 4.69) is 15.5 Å². The minimum Gasteiger partial charge on any atom is -0.354 e. The number of alkyl halides is 1. The Labute approximate surface area is 80.4 Å². The van der Waals surface area contributed by atoms with Crippen LogP contribution in [0.2, 0.25) is 0 Å². The van der Waals surface area contributed by atoms with E-state index in [1.165, 1.54) is 11.3 Å². The predicted octanol–water partition coefficient (Wildman–Crippen LogP) is 2.15. The van der Waals surface area contributed by atoms with Gasteiger partial charge in [-0.25, -0.2) is 4.39 Å². The number of rotatable bonds is 2. The molecule has 2 atom stereocenters. The van der Waals surface area contributed by atoms with Crippen LogP contribution in [0.25, 0.3) is 0 Å². The molecule has 1 fully saturated rings. The van der Waals surface area contributed by atoms with E-state index in [1.54, 1.807) is 0 Å². The summed E-state index contributed by atoms with van der Waals surface area (Å²) in [5, 5.41) is 12.5. The van der Waals surface area contributed by atoms with Crippen LogP contribution in [0.1, 0.15) is 24.3 Å². The molecule has 1 N–H and O–H groups in total. The molecule has 0 aromatic carbocycles. The van der Waals surface area contributed by atoms with Crippen molar-refractivity contribution in [2.75, 3.05) is 5.32 Å². The van der Waals surface area contributed by atoms with Crippen LogP contribution in [0.3, 0.4) is 0 Å². The minimum absolute atomic E-state index is 0.0488. The van der Waals surface area contributed by atoms with Crippen molar-refractivity contribution < 1.29 is 4.39 Å². The maximum atomic E-state index is 13.2. The average molecular weight is 201 g/mol. The average Bonchev–Trinajstić information content (AvgIpc) is 2.64. The van der Waals surface area contributed by atoms with E-state index in [4.69, 9.17) is 0 Å². The molecule has 3 nitrogen and oxygen atoms in total. The van der Waals surface area contributed by atoms with Crippen molar-refractivity contribution in [2.24, 2.45) is 0 Å². The van der Waals surface area contributed by atoms with Gasteiger partial charge in [-0.15, -0.1) is 10.2 Å². The number of hydrogen-bond acceptors (Lipinski definition) is 4. The molecule has 0 aliphatic heterocycles. The van der Waals surface area contributed by atoms with Gasteiger partial charge in [-0.2, -0.15) is 0 Å². The molecule has 0 spiro atoms. The van der Waals surface area contributed by atoms with Crippen molar-refractivity contribution in [1.29, 1.82) is 0 Å². The molecule has 2 rings (SSSR count). The first kappa shape index (κ1) is 8.87. The molecule has 0 bridgehead atoms. The molecule has 1 aliphatic rings. The second-order valence-corrected chi connectivity index (χ2v) is 4.51. The first-order chi connectivity index (χ1) is 6.25. The Bertz CT molecular complexity index is 289. The number of hydrogen-bond donors (Lipinski definition) is 1. The van der Waals surface area contributed by atoms with Crippen LogP contribution < -0.4 is 5.32 Å².